The molecule has 0 saturated carbocycles. The van der Waals surface area contributed by atoms with Gasteiger partial charge in [0.2, 0.25) is 0 Å². The van der Waals surface area contributed by atoms with E-state index >= 15 is 0 Å². The maximum absolute atomic E-state index is 13.4. The fourth-order valence-corrected chi connectivity index (χ4v) is 6.11. The number of nitrogens with one attached hydrogen (secondary N) is 1. The van der Waals surface area contributed by atoms with Gasteiger partial charge < -0.3 is 15.0 Å². The van der Waals surface area contributed by atoms with E-state index in [9.17, 15) is 18.0 Å². The van der Waals surface area contributed by atoms with Gasteiger partial charge in [-0.3, -0.25) is 9.69 Å². The van der Waals surface area contributed by atoms with Crippen molar-refractivity contribution in [3.63, 3.8) is 0 Å². The Morgan fingerprint density at radius 1 is 0.917 bits per heavy atom. The molecule has 0 atom stereocenters. The zero-order chi connectivity index (χ0) is 25.7. The average Bonchev–Trinajstić information content (AvgIpc) is 2.87. The lowest BCUT2D eigenvalue weighted by Crippen LogP contribution is -2.50. The maximum Gasteiger partial charge on any atom is 0.409 e. The summed E-state index contributed by atoms with van der Waals surface area (Å²) >= 11 is 0. The number of benzene rings is 3. The molecule has 0 bridgehead atoms. The van der Waals surface area contributed by atoms with Crippen molar-refractivity contribution in [1.29, 1.82) is 0 Å². The summed E-state index contributed by atoms with van der Waals surface area (Å²) in [5, 5.41) is 4.37. The highest BCUT2D eigenvalue weighted by Crippen LogP contribution is 2.28. The van der Waals surface area contributed by atoms with E-state index in [1.165, 1.54) is 0 Å². The zero-order valence-electron chi connectivity index (χ0n) is 20.6. The minimum absolute atomic E-state index is 0.128. The number of hydrogen-bond donors (Lipinski definition) is 1. The fraction of sp³-hybridized carbons (Fsp3) is 0.333. The number of ether oxygens (including phenoxy) is 1. The number of rotatable bonds is 7. The standard InChI is InChI=1S/C27H31N3O5S/c1-3-35-27(32)30-16-14-29(15-17-30)19-36(33,34)25-13-12-21(23-10-6-7-11-24(23)25)18-28-26(31)22-9-5-4-8-20(22)2/h4-13H,3,14-19H2,1-2H3,(H,28,31). The molecule has 1 fully saturated rings. The van der Waals surface area contributed by atoms with Gasteiger partial charge in [0.15, 0.2) is 9.84 Å². The van der Waals surface area contributed by atoms with Crippen LogP contribution in [-0.4, -0.2) is 68.9 Å². The molecule has 3 aromatic carbocycles. The number of nitrogens with zero attached hydrogens (tertiary/aromatic N) is 2. The van der Waals surface area contributed by atoms with Crippen LogP contribution in [0.5, 0.6) is 0 Å². The van der Waals surface area contributed by atoms with Crippen LogP contribution < -0.4 is 5.32 Å². The van der Waals surface area contributed by atoms with Gasteiger partial charge in [-0.15, -0.1) is 0 Å². The van der Waals surface area contributed by atoms with E-state index in [2.05, 4.69) is 5.32 Å². The van der Waals surface area contributed by atoms with E-state index in [0.29, 0.717) is 43.7 Å². The summed E-state index contributed by atoms with van der Waals surface area (Å²) < 4.78 is 31.9. The second-order valence-corrected chi connectivity index (χ2v) is 10.7. The molecule has 1 aliphatic rings. The molecule has 1 N–H and O–H groups in total. The Hall–Kier alpha value is -3.43. The first-order valence-corrected chi connectivity index (χ1v) is 13.7. The monoisotopic (exact) mass is 509 g/mol. The lowest BCUT2D eigenvalue weighted by molar-refractivity contribution is 0.0839. The van der Waals surface area contributed by atoms with Crippen LogP contribution in [0.4, 0.5) is 4.79 Å². The van der Waals surface area contributed by atoms with Crippen molar-refractivity contribution in [2.75, 3.05) is 38.7 Å². The minimum Gasteiger partial charge on any atom is -0.450 e. The summed E-state index contributed by atoms with van der Waals surface area (Å²) in [4.78, 5) is 28.3. The predicted octanol–water partition coefficient (Wildman–Crippen LogP) is 3.58. The second-order valence-electron chi connectivity index (χ2n) is 8.81. The molecule has 0 aromatic heterocycles. The molecule has 8 nitrogen and oxygen atoms in total. The molecule has 0 unspecified atom stereocenters. The molecule has 4 rings (SSSR count). The molecular weight excluding hydrogens is 478 g/mol. The number of carbonyl (C=O) groups excluding carboxylic acids is 2. The summed E-state index contributed by atoms with van der Waals surface area (Å²) in [6.45, 7) is 6.01. The van der Waals surface area contributed by atoms with Crippen molar-refractivity contribution in [3.8, 4) is 0 Å². The second kappa shape index (κ2) is 11.1. The van der Waals surface area contributed by atoms with Crippen LogP contribution in [0.25, 0.3) is 10.8 Å². The van der Waals surface area contributed by atoms with Gasteiger partial charge >= 0.3 is 6.09 Å². The number of carbonyl (C=O) groups is 2. The first-order valence-electron chi connectivity index (χ1n) is 12.0. The number of hydrogen-bond acceptors (Lipinski definition) is 6. The van der Waals surface area contributed by atoms with E-state index in [1.807, 2.05) is 48.2 Å². The van der Waals surface area contributed by atoms with Crippen molar-refractivity contribution < 1.29 is 22.7 Å². The van der Waals surface area contributed by atoms with Crippen LogP contribution in [0.2, 0.25) is 0 Å². The minimum atomic E-state index is -3.63. The Balaban J connectivity index is 1.49. The van der Waals surface area contributed by atoms with Crippen molar-refractivity contribution in [1.82, 2.24) is 15.1 Å². The van der Waals surface area contributed by atoms with Gasteiger partial charge in [-0.1, -0.05) is 48.5 Å². The van der Waals surface area contributed by atoms with E-state index in [1.54, 1.807) is 36.1 Å². The highest BCUT2D eigenvalue weighted by molar-refractivity contribution is 7.91. The lowest BCUT2D eigenvalue weighted by atomic mass is 10.0. The molecule has 36 heavy (non-hydrogen) atoms. The third kappa shape index (κ3) is 5.68. The number of fused-ring (bicyclic) bond motifs is 1. The molecule has 1 aliphatic heterocycles. The Morgan fingerprint density at radius 3 is 2.28 bits per heavy atom. The van der Waals surface area contributed by atoms with Crippen LogP contribution in [-0.2, 0) is 21.1 Å². The van der Waals surface area contributed by atoms with Crippen LogP contribution >= 0.6 is 0 Å². The van der Waals surface area contributed by atoms with Crippen LogP contribution in [0, 0.1) is 6.92 Å². The normalized spacial score (nSPS) is 14.6. The Labute approximate surface area is 211 Å². The smallest absolute Gasteiger partial charge is 0.409 e. The Kier molecular flexibility index (Phi) is 7.91. The van der Waals surface area contributed by atoms with Gasteiger partial charge in [-0.2, -0.15) is 0 Å². The number of aryl methyl sites for hydroxylation is 1. The first-order chi connectivity index (χ1) is 17.3. The largest absolute Gasteiger partial charge is 0.450 e. The Morgan fingerprint density at radius 2 is 1.58 bits per heavy atom. The highest BCUT2D eigenvalue weighted by atomic mass is 32.2. The summed E-state index contributed by atoms with van der Waals surface area (Å²) in [5.74, 6) is -0.298. The SMILES string of the molecule is CCOC(=O)N1CCN(CS(=O)(=O)c2ccc(CNC(=O)c3ccccc3C)c3ccccc23)CC1. The zero-order valence-corrected chi connectivity index (χ0v) is 21.4. The Bertz CT molecular complexity index is 1360. The van der Waals surface area contributed by atoms with E-state index < -0.39 is 9.84 Å². The molecule has 0 spiro atoms. The van der Waals surface area contributed by atoms with Crippen LogP contribution in [0.15, 0.2) is 65.6 Å². The van der Waals surface area contributed by atoms with Crippen LogP contribution in [0.3, 0.4) is 0 Å². The molecule has 0 aliphatic carbocycles. The maximum atomic E-state index is 13.4. The van der Waals surface area contributed by atoms with Crippen molar-refractivity contribution in [2.24, 2.45) is 0 Å². The molecule has 9 heteroatoms. The van der Waals surface area contributed by atoms with Gasteiger partial charge in [0.05, 0.1) is 11.5 Å². The molecule has 2 amide bonds. The van der Waals surface area contributed by atoms with Gasteiger partial charge in [0.25, 0.3) is 5.91 Å². The van der Waals surface area contributed by atoms with E-state index in [-0.39, 0.29) is 29.3 Å². The number of amides is 2. The van der Waals surface area contributed by atoms with Crippen LogP contribution in [0.1, 0.15) is 28.4 Å². The third-order valence-electron chi connectivity index (χ3n) is 6.39. The molecule has 3 aromatic rings. The highest BCUT2D eigenvalue weighted by Gasteiger charge is 2.27. The quantitative estimate of drug-likeness (QED) is 0.523. The van der Waals surface area contributed by atoms with Gasteiger partial charge in [-0.05, 0) is 42.5 Å². The van der Waals surface area contributed by atoms with E-state index in [4.69, 9.17) is 4.74 Å². The average molecular weight is 510 g/mol. The molecule has 1 heterocycles. The molecular formula is C27H31N3O5S. The fourth-order valence-electron chi connectivity index (χ4n) is 4.44. The van der Waals surface area contributed by atoms with Gasteiger partial charge in [0.1, 0.15) is 5.88 Å². The summed E-state index contributed by atoms with van der Waals surface area (Å²) in [5.41, 5.74) is 2.35. The van der Waals surface area contributed by atoms with Gasteiger partial charge in [0, 0.05) is 43.7 Å². The van der Waals surface area contributed by atoms with Crippen molar-refractivity contribution >= 4 is 32.6 Å². The predicted molar refractivity (Wildman–Crippen MR) is 139 cm³/mol. The molecule has 0 radical (unpaired) electrons. The van der Waals surface area contributed by atoms with Gasteiger partial charge in [-0.25, -0.2) is 13.2 Å². The third-order valence-corrected chi connectivity index (χ3v) is 8.12. The number of piperazine rings is 1. The summed E-state index contributed by atoms with van der Waals surface area (Å²) in [6.07, 6.45) is -0.365. The van der Waals surface area contributed by atoms with E-state index in [0.717, 1.165) is 16.5 Å². The topological polar surface area (TPSA) is 96.0 Å². The number of sulfone groups is 1. The van der Waals surface area contributed by atoms with Crippen molar-refractivity contribution in [2.45, 2.75) is 25.3 Å². The van der Waals surface area contributed by atoms with Crippen molar-refractivity contribution in [3.05, 3.63) is 77.4 Å². The lowest BCUT2D eigenvalue weighted by Gasteiger charge is -2.33. The first kappa shape index (κ1) is 25.7. The molecule has 190 valence electrons. The summed E-state index contributed by atoms with van der Waals surface area (Å²) in [7, 11) is -3.63. The summed E-state index contributed by atoms with van der Waals surface area (Å²) in [6, 6.07) is 18.1. The molecule has 1 saturated heterocycles.